The minimum absolute atomic E-state index is 0.190. The lowest BCUT2D eigenvalue weighted by atomic mass is 9.85. The first-order valence-corrected chi connectivity index (χ1v) is 11.6. The number of aromatic amines is 2. The lowest BCUT2D eigenvalue weighted by Crippen LogP contribution is -2.33. The predicted octanol–water partition coefficient (Wildman–Crippen LogP) is 3.86. The Kier molecular flexibility index (Phi) is 4.90. The van der Waals surface area contributed by atoms with E-state index in [-0.39, 0.29) is 23.3 Å². The molecule has 1 aliphatic heterocycles. The second kappa shape index (κ2) is 8.03. The van der Waals surface area contributed by atoms with E-state index in [0.717, 1.165) is 22.9 Å². The number of azide groups is 1. The molecule has 2 N–H and O–H groups in total. The number of aromatic nitrogens is 2. The number of esters is 1. The molecule has 3 heterocycles. The fraction of sp³-hybridized carbons (Fsp3) is 0.320. The number of fused-ring (bicyclic) bond motifs is 2. The third kappa shape index (κ3) is 3.20. The standard InChI is InChI=1S/C25H22N6O5/c1-35-24(34)19-9-16-22(29-19)20(32)10-21-25(16)11-14(25)12-31(21)23(33)18-8-13-7-15(3-4-17(13)28-18)36-6-2-5-27-30-26/h3-4,7-10,14,28-29H,2,5-6,11-12H2,1H3/t14-,25-/m1/s1. The first-order valence-electron chi connectivity index (χ1n) is 11.6. The molecule has 2 aliphatic carbocycles. The molecule has 2 fully saturated rings. The van der Waals surface area contributed by atoms with Gasteiger partial charge in [0.05, 0.1) is 19.4 Å². The van der Waals surface area contributed by atoms with Gasteiger partial charge in [-0.3, -0.25) is 9.59 Å². The summed E-state index contributed by atoms with van der Waals surface area (Å²) in [5.41, 5.74) is 11.2. The number of ether oxygens (including phenoxy) is 2. The van der Waals surface area contributed by atoms with Crippen LogP contribution in [-0.2, 0) is 10.2 Å². The molecule has 3 aromatic rings. The van der Waals surface area contributed by atoms with Crippen LogP contribution in [0.15, 0.2) is 47.2 Å². The number of piperidine rings is 1. The molecule has 6 rings (SSSR count). The van der Waals surface area contributed by atoms with Gasteiger partial charge in [0, 0.05) is 46.1 Å². The maximum Gasteiger partial charge on any atom is 0.354 e. The molecular weight excluding hydrogens is 464 g/mol. The summed E-state index contributed by atoms with van der Waals surface area (Å²) in [6, 6.07) is 8.99. The Bertz CT molecular complexity index is 1530. The van der Waals surface area contributed by atoms with Crippen LogP contribution in [0.5, 0.6) is 5.75 Å². The molecule has 11 nitrogen and oxygen atoms in total. The van der Waals surface area contributed by atoms with E-state index in [1.165, 1.54) is 13.2 Å². The number of methoxy groups -OCH3 is 1. The summed E-state index contributed by atoms with van der Waals surface area (Å²) in [5.74, 6) is -0.151. The average molecular weight is 486 g/mol. The number of nitrogens with one attached hydrogen (secondary N) is 2. The van der Waals surface area contributed by atoms with E-state index in [9.17, 15) is 14.4 Å². The second-order valence-corrected chi connectivity index (χ2v) is 9.23. The Balaban J connectivity index is 1.24. The number of rotatable bonds is 7. The number of hydrogen-bond acceptors (Lipinski definition) is 6. The zero-order valence-corrected chi connectivity index (χ0v) is 19.4. The lowest BCUT2D eigenvalue weighted by molar-refractivity contribution is 0.0594. The van der Waals surface area contributed by atoms with Gasteiger partial charge >= 0.3 is 5.97 Å². The Morgan fingerprint density at radius 3 is 2.92 bits per heavy atom. The van der Waals surface area contributed by atoms with Gasteiger partial charge < -0.3 is 24.3 Å². The van der Waals surface area contributed by atoms with Gasteiger partial charge in [-0.05, 0) is 60.2 Å². The minimum Gasteiger partial charge on any atom is -0.494 e. The van der Waals surface area contributed by atoms with Crippen molar-refractivity contribution in [2.45, 2.75) is 18.3 Å². The van der Waals surface area contributed by atoms with E-state index in [4.69, 9.17) is 15.0 Å². The number of nitrogens with zero attached hydrogens (tertiary/aromatic N) is 4. The highest BCUT2D eigenvalue weighted by Crippen LogP contribution is 2.66. The Labute approximate surface area is 204 Å². The fourth-order valence-electron chi connectivity index (χ4n) is 5.54. The summed E-state index contributed by atoms with van der Waals surface area (Å²) in [6.07, 6.45) is 2.96. The second-order valence-electron chi connectivity index (χ2n) is 9.23. The number of ketones is 1. The molecule has 1 saturated carbocycles. The van der Waals surface area contributed by atoms with Crippen molar-refractivity contribution in [3.05, 3.63) is 75.2 Å². The third-order valence-electron chi connectivity index (χ3n) is 7.28. The van der Waals surface area contributed by atoms with Crippen molar-refractivity contribution in [1.82, 2.24) is 14.9 Å². The molecule has 11 heteroatoms. The van der Waals surface area contributed by atoms with Crippen molar-refractivity contribution >= 4 is 28.6 Å². The predicted molar refractivity (Wildman–Crippen MR) is 128 cm³/mol. The Morgan fingerprint density at radius 1 is 1.25 bits per heavy atom. The normalized spacial score (nSPS) is 21.2. The first-order chi connectivity index (χ1) is 17.5. The lowest BCUT2D eigenvalue weighted by Gasteiger charge is -2.27. The maximum atomic E-state index is 13.6. The first kappa shape index (κ1) is 22.0. The number of benzene rings is 1. The molecule has 1 aromatic carbocycles. The van der Waals surface area contributed by atoms with Crippen molar-refractivity contribution in [2.24, 2.45) is 11.0 Å². The quantitative estimate of drug-likeness (QED) is 0.171. The van der Waals surface area contributed by atoms with Gasteiger partial charge in [0.25, 0.3) is 5.91 Å². The van der Waals surface area contributed by atoms with Crippen molar-refractivity contribution in [3.8, 4) is 5.75 Å². The molecule has 1 saturated heterocycles. The van der Waals surface area contributed by atoms with Crippen molar-refractivity contribution < 1.29 is 23.9 Å². The van der Waals surface area contributed by atoms with Crippen molar-refractivity contribution in [1.29, 1.82) is 0 Å². The molecule has 36 heavy (non-hydrogen) atoms. The van der Waals surface area contributed by atoms with Crippen LogP contribution in [-0.4, -0.2) is 59.3 Å². The zero-order chi connectivity index (χ0) is 25.0. The molecule has 2 aromatic heterocycles. The number of likely N-dealkylation sites (tertiary alicyclic amines) is 1. The summed E-state index contributed by atoms with van der Waals surface area (Å²) in [5, 5.41) is 4.31. The summed E-state index contributed by atoms with van der Waals surface area (Å²) in [7, 11) is 1.29. The van der Waals surface area contributed by atoms with Gasteiger partial charge in [0.2, 0.25) is 5.78 Å². The van der Waals surface area contributed by atoms with Gasteiger partial charge in [-0.25, -0.2) is 4.79 Å². The molecule has 1 amide bonds. The number of carbonyl (C=O) groups excluding carboxylic acids is 3. The van der Waals surface area contributed by atoms with Crippen LogP contribution >= 0.6 is 0 Å². The SMILES string of the molecule is COC(=O)c1cc2c([nH]1)C(=O)C=C1N(C(=O)c3cc4cc(OCCCN=[N+]=[N-])ccc4[nH]3)C[C@H]3C[C@]123. The van der Waals surface area contributed by atoms with Gasteiger partial charge in [-0.2, -0.15) is 0 Å². The molecule has 2 atom stereocenters. The van der Waals surface area contributed by atoms with Gasteiger partial charge in [-0.15, -0.1) is 0 Å². The molecular formula is C25H22N6O5. The number of allylic oxidation sites excluding steroid dienone is 2. The van der Waals surface area contributed by atoms with Crippen LogP contribution in [0.25, 0.3) is 21.3 Å². The highest BCUT2D eigenvalue weighted by Gasteiger charge is 2.68. The van der Waals surface area contributed by atoms with Crippen LogP contribution in [0.2, 0.25) is 0 Å². The fourth-order valence-corrected chi connectivity index (χ4v) is 5.54. The van der Waals surface area contributed by atoms with E-state index in [1.807, 2.05) is 18.2 Å². The van der Waals surface area contributed by atoms with Crippen LogP contribution in [0.4, 0.5) is 0 Å². The number of hydrogen-bond donors (Lipinski definition) is 2. The minimum atomic E-state index is -0.532. The van der Waals surface area contributed by atoms with E-state index >= 15 is 0 Å². The van der Waals surface area contributed by atoms with Crippen LogP contribution < -0.4 is 4.74 Å². The van der Waals surface area contributed by atoms with E-state index in [0.29, 0.717) is 49.0 Å². The number of carbonyl (C=O) groups is 3. The van der Waals surface area contributed by atoms with Crippen LogP contribution in [0, 0.1) is 5.92 Å². The number of amides is 1. The summed E-state index contributed by atoms with van der Waals surface area (Å²) < 4.78 is 10.5. The van der Waals surface area contributed by atoms with Crippen LogP contribution in [0.1, 0.15) is 49.9 Å². The Morgan fingerprint density at radius 2 is 2.11 bits per heavy atom. The highest BCUT2D eigenvalue weighted by atomic mass is 16.5. The summed E-state index contributed by atoms with van der Waals surface area (Å²) in [4.78, 5) is 49.0. The molecule has 182 valence electrons. The monoisotopic (exact) mass is 486 g/mol. The summed E-state index contributed by atoms with van der Waals surface area (Å²) >= 11 is 0. The molecule has 0 radical (unpaired) electrons. The van der Waals surface area contributed by atoms with E-state index in [1.54, 1.807) is 17.0 Å². The third-order valence-corrected chi connectivity index (χ3v) is 7.28. The topological polar surface area (TPSA) is 153 Å². The van der Waals surface area contributed by atoms with Gasteiger partial charge in [0.15, 0.2) is 0 Å². The number of H-pyrrole nitrogens is 2. The molecule has 1 spiro atoms. The maximum absolute atomic E-state index is 13.6. The van der Waals surface area contributed by atoms with Crippen molar-refractivity contribution in [3.63, 3.8) is 0 Å². The Hall–Kier alpha value is -4.50. The van der Waals surface area contributed by atoms with E-state index in [2.05, 4.69) is 20.0 Å². The summed E-state index contributed by atoms with van der Waals surface area (Å²) in [6.45, 7) is 1.29. The average Bonchev–Trinajstić information content (AvgIpc) is 3.23. The molecule has 0 bridgehead atoms. The van der Waals surface area contributed by atoms with Crippen LogP contribution in [0.3, 0.4) is 0 Å². The smallest absolute Gasteiger partial charge is 0.354 e. The van der Waals surface area contributed by atoms with Crippen molar-refractivity contribution in [2.75, 3.05) is 26.8 Å². The van der Waals surface area contributed by atoms with Gasteiger partial charge in [-0.1, -0.05) is 5.11 Å². The zero-order valence-electron chi connectivity index (χ0n) is 19.4. The molecule has 3 aliphatic rings. The van der Waals surface area contributed by atoms with E-state index < -0.39 is 11.4 Å². The van der Waals surface area contributed by atoms with Gasteiger partial charge in [0.1, 0.15) is 17.1 Å². The largest absolute Gasteiger partial charge is 0.494 e. The highest BCUT2D eigenvalue weighted by molar-refractivity contribution is 6.10. The molecule has 0 unspecified atom stereocenters.